The monoisotopic (exact) mass is 354 g/mol. The van der Waals surface area contributed by atoms with Crippen molar-refractivity contribution in [2.24, 2.45) is 0 Å². The van der Waals surface area contributed by atoms with Crippen molar-refractivity contribution in [1.29, 1.82) is 5.26 Å². The first-order chi connectivity index (χ1) is 12.7. The van der Waals surface area contributed by atoms with E-state index in [2.05, 4.69) is 11.1 Å². The van der Waals surface area contributed by atoms with Crippen molar-refractivity contribution in [2.45, 2.75) is 25.7 Å². The van der Waals surface area contributed by atoms with E-state index in [1.807, 2.05) is 36.1 Å². The van der Waals surface area contributed by atoms with Crippen LogP contribution in [0.25, 0.3) is 11.0 Å². The van der Waals surface area contributed by atoms with Crippen LogP contribution in [0.2, 0.25) is 0 Å². The maximum absolute atomic E-state index is 12.5. The smallest absolute Gasteiger partial charge is 0.329 e. The van der Waals surface area contributed by atoms with E-state index in [1.54, 1.807) is 0 Å². The minimum absolute atomic E-state index is 0.307. The molecule has 0 N–H and O–H groups in total. The Hall–Kier alpha value is -2.72. The van der Waals surface area contributed by atoms with Gasteiger partial charge in [0.25, 0.3) is 0 Å². The van der Waals surface area contributed by atoms with Gasteiger partial charge in [0.2, 0.25) is 0 Å². The number of para-hydroxylation sites is 2. The van der Waals surface area contributed by atoms with Gasteiger partial charge in [-0.3, -0.25) is 4.79 Å². The largest absolute Gasteiger partial charge is 0.464 e. The molecule has 0 saturated carbocycles. The Morgan fingerprint density at radius 1 is 1.31 bits per heavy atom. The number of carbonyl (C=O) groups is 1. The lowest BCUT2D eigenvalue weighted by atomic mass is 10.1. The number of nitriles is 1. The van der Waals surface area contributed by atoms with E-state index < -0.39 is 11.9 Å². The molecule has 1 fully saturated rings. The van der Waals surface area contributed by atoms with Crippen molar-refractivity contribution in [3.05, 3.63) is 30.0 Å². The van der Waals surface area contributed by atoms with Gasteiger partial charge in [0, 0.05) is 13.1 Å². The molecule has 0 spiro atoms. The van der Waals surface area contributed by atoms with Crippen LogP contribution in [0.4, 0.5) is 5.82 Å². The molecule has 1 atom stereocenters. The van der Waals surface area contributed by atoms with Gasteiger partial charge in [-0.15, -0.1) is 0 Å². The molecule has 7 nitrogen and oxygen atoms in total. The Kier molecular flexibility index (Phi) is 5.97. The Morgan fingerprint density at radius 2 is 2.00 bits per heavy atom. The van der Waals surface area contributed by atoms with Crippen molar-refractivity contribution in [3.63, 3.8) is 0 Å². The molecule has 26 heavy (non-hydrogen) atoms. The lowest BCUT2D eigenvalue weighted by Crippen LogP contribution is -2.38. The zero-order valence-electron chi connectivity index (χ0n) is 14.9. The van der Waals surface area contributed by atoms with Crippen LogP contribution < -0.4 is 4.90 Å². The van der Waals surface area contributed by atoms with E-state index in [9.17, 15) is 10.1 Å². The third kappa shape index (κ3) is 3.92. The number of carbonyl (C=O) groups excluding carboxylic acids is 1. The Morgan fingerprint density at radius 3 is 2.65 bits per heavy atom. The maximum atomic E-state index is 12.5. The number of hydrogen-bond donors (Lipinski definition) is 0. The molecule has 1 saturated heterocycles. The minimum Gasteiger partial charge on any atom is -0.464 e. The Bertz CT molecular complexity index is 812. The van der Waals surface area contributed by atoms with Crippen LogP contribution in [0.1, 0.15) is 31.4 Å². The third-order valence-electron chi connectivity index (χ3n) is 4.27. The zero-order chi connectivity index (χ0) is 18.4. The predicted molar refractivity (Wildman–Crippen MR) is 96.8 cm³/mol. The molecule has 1 aliphatic rings. The summed E-state index contributed by atoms with van der Waals surface area (Å²) in [5, 5.41) is 9.64. The number of anilines is 1. The summed E-state index contributed by atoms with van der Waals surface area (Å²) in [5.74, 6) is -1.10. The molecular weight excluding hydrogens is 332 g/mol. The highest BCUT2D eigenvalue weighted by Gasteiger charge is 2.30. The Balaban J connectivity index is 2.00. The van der Waals surface area contributed by atoms with Crippen molar-refractivity contribution >= 4 is 22.8 Å². The van der Waals surface area contributed by atoms with E-state index >= 15 is 0 Å². The first-order valence-electron chi connectivity index (χ1n) is 8.90. The summed E-state index contributed by atoms with van der Waals surface area (Å²) in [7, 11) is 0. The van der Waals surface area contributed by atoms with Crippen LogP contribution in [0.3, 0.4) is 0 Å². The lowest BCUT2D eigenvalue weighted by molar-refractivity contribution is -0.144. The van der Waals surface area contributed by atoms with Crippen LogP contribution in [0, 0.1) is 11.3 Å². The average Bonchev–Trinajstić information content (AvgIpc) is 2.69. The van der Waals surface area contributed by atoms with Crippen LogP contribution in [-0.2, 0) is 14.3 Å². The van der Waals surface area contributed by atoms with Gasteiger partial charge in [0.1, 0.15) is 5.69 Å². The second kappa shape index (κ2) is 8.59. The van der Waals surface area contributed by atoms with Crippen LogP contribution >= 0.6 is 0 Å². The molecule has 0 unspecified atom stereocenters. The van der Waals surface area contributed by atoms with Crippen molar-refractivity contribution in [1.82, 2.24) is 9.97 Å². The molecule has 2 aromatic rings. The second-order valence-corrected chi connectivity index (χ2v) is 6.10. The number of benzene rings is 1. The molecule has 1 aliphatic heterocycles. The molecule has 2 heterocycles. The first kappa shape index (κ1) is 18.1. The number of fused-ring (bicyclic) bond motifs is 1. The number of aromatic nitrogens is 2. The standard InChI is InChI=1S/C19H22N4O3/c1-2-3-10-26-19(24)14(13-20)17-18(23-8-11-25-12-9-23)22-16-7-5-4-6-15(16)21-17/h4-7,14H,2-3,8-12H2,1H3/t14-/m1/s1. The summed E-state index contributed by atoms with van der Waals surface area (Å²) in [5.41, 5.74) is 1.74. The fourth-order valence-electron chi connectivity index (χ4n) is 2.83. The van der Waals surface area contributed by atoms with Gasteiger partial charge >= 0.3 is 5.97 Å². The van der Waals surface area contributed by atoms with Gasteiger partial charge in [0.15, 0.2) is 11.7 Å². The molecule has 1 aromatic heterocycles. The summed E-state index contributed by atoms with van der Waals surface area (Å²) in [4.78, 5) is 23.8. The first-order valence-corrected chi connectivity index (χ1v) is 8.90. The van der Waals surface area contributed by atoms with Crippen LogP contribution in [0.5, 0.6) is 0 Å². The van der Waals surface area contributed by atoms with E-state index in [-0.39, 0.29) is 0 Å². The van der Waals surface area contributed by atoms with Crippen molar-refractivity contribution in [2.75, 3.05) is 37.8 Å². The summed E-state index contributed by atoms with van der Waals surface area (Å²) in [6.07, 6.45) is 1.68. The summed E-state index contributed by atoms with van der Waals surface area (Å²) < 4.78 is 10.7. The zero-order valence-corrected chi connectivity index (χ0v) is 14.9. The topological polar surface area (TPSA) is 88.3 Å². The average molecular weight is 354 g/mol. The van der Waals surface area contributed by atoms with E-state index in [0.717, 1.165) is 18.4 Å². The number of esters is 1. The van der Waals surface area contributed by atoms with E-state index in [4.69, 9.17) is 14.5 Å². The number of rotatable bonds is 6. The lowest BCUT2D eigenvalue weighted by Gasteiger charge is -2.29. The number of ether oxygens (including phenoxy) is 2. The molecule has 136 valence electrons. The second-order valence-electron chi connectivity index (χ2n) is 6.10. The quantitative estimate of drug-likeness (QED) is 0.581. The van der Waals surface area contributed by atoms with E-state index in [1.165, 1.54) is 0 Å². The van der Waals surface area contributed by atoms with Crippen molar-refractivity contribution < 1.29 is 14.3 Å². The molecule has 0 aliphatic carbocycles. The summed E-state index contributed by atoms with van der Waals surface area (Å²) in [6.45, 7) is 4.76. The van der Waals surface area contributed by atoms with Crippen LogP contribution in [0.15, 0.2) is 24.3 Å². The molecule has 3 rings (SSSR count). The van der Waals surface area contributed by atoms with Crippen molar-refractivity contribution in [3.8, 4) is 6.07 Å². The molecule has 0 bridgehead atoms. The molecular formula is C19H22N4O3. The van der Waals surface area contributed by atoms with Gasteiger partial charge < -0.3 is 14.4 Å². The highest BCUT2D eigenvalue weighted by molar-refractivity contribution is 5.85. The highest BCUT2D eigenvalue weighted by Crippen LogP contribution is 2.28. The Labute approximate surface area is 152 Å². The van der Waals surface area contributed by atoms with E-state index in [0.29, 0.717) is 49.9 Å². The molecule has 0 amide bonds. The van der Waals surface area contributed by atoms with Gasteiger partial charge in [-0.1, -0.05) is 25.5 Å². The molecule has 7 heteroatoms. The summed E-state index contributed by atoms with van der Waals surface area (Å²) in [6, 6.07) is 9.50. The summed E-state index contributed by atoms with van der Waals surface area (Å²) >= 11 is 0. The van der Waals surface area contributed by atoms with Crippen LogP contribution in [-0.4, -0.2) is 48.8 Å². The number of morpholine rings is 1. The van der Waals surface area contributed by atoms with Gasteiger partial charge in [0.05, 0.1) is 36.9 Å². The molecule has 0 radical (unpaired) electrons. The minimum atomic E-state index is -1.10. The van der Waals surface area contributed by atoms with Gasteiger partial charge in [-0.25, -0.2) is 9.97 Å². The SMILES string of the molecule is CCCCOC(=O)[C@H](C#N)c1nc2ccccc2nc1N1CCOCC1. The number of unbranched alkanes of at least 4 members (excludes halogenated alkanes) is 1. The predicted octanol–water partition coefficient (Wildman–Crippen LogP) is 2.42. The van der Waals surface area contributed by atoms with Gasteiger partial charge in [-0.2, -0.15) is 5.26 Å². The number of nitrogens with zero attached hydrogens (tertiary/aromatic N) is 4. The fraction of sp³-hybridized carbons (Fsp3) is 0.474. The maximum Gasteiger partial charge on any atom is 0.329 e. The fourth-order valence-corrected chi connectivity index (χ4v) is 2.83. The van der Waals surface area contributed by atoms with Gasteiger partial charge in [-0.05, 0) is 18.6 Å². The normalized spacial score (nSPS) is 15.5. The highest BCUT2D eigenvalue weighted by atomic mass is 16.5. The number of hydrogen-bond acceptors (Lipinski definition) is 7. The third-order valence-corrected chi connectivity index (χ3v) is 4.27. The molecule has 1 aromatic carbocycles.